The number of carbonyl (C=O) groups is 1. The molecule has 0 spiro atoms. The van der Waals surface area contributed by atoms with Crippen molar-refractivity contribution >= 4 is 40.8 Å². The standard InChI is InChI=1S/C14H18ClN3OS/c1-14(2,3)17-12(19)6-7-18-11-8-9(15)4-5-10(11)16-13(18)20/h4-5,8H,6-7H2,1-3H3,(H,16,20)(H,17,19). The van der Waals surface area contributed by atoms with E-state index in [1.807, 2.05) is 43.5 Å². The number of hydrogen-bond donors (Lipinski definition) is 2. The SMILES string of the molecule is CC(C)(C)NC(=O)CCn1c(=S)[nH]c2ccc(Cl)cc21. The molecule has 0 fully saturated rings. The number of fused-ring (bicyclic) bond motifs is 1. The van der Waals surface area contributed by atoms with Gasteiger partial charge in [0.15, 0.2) is 4.77 Å². The van der Waals surface area contributed by atoms with Crippen molar-refractivity contribution in [3.63, 3.8) is 0 Å². The number of imidazole rings is 1. The molecule has 20 heavy (non-hydrogen) atoms. The fourth-order valence-electron chi connectivity index (χ4n) is 2.04. The highest BCUT2D eigenvalue weighted by Gasteiger charge is 2.14. The van der Waals surface area contributed by atoms with Crippen molar-refractivity contribution in [2.75, 3.05) is 0 Å². The Morgan fingerprint density at radius 1 is 1.45 bits per heavy atom. The second-order valence-electron chi connectivity index (χ2n) is 5.79. The molecule has 0 radical (unpaired) electrons. The molecule has 0 bridgehead atoms. The van der Waals surface area contributed by atoms with E-state index >= 15 is 0 Å². The van der Waals surface area contributed by atoms with Gasteiger partial charge in [0.25, 0.3) is 0 Å². The summed E-state index contributed by atoms with van der Waals surface area (Å²) in [5.74, 6) is 0.00998. The second kappa shape index (κ2) is 5.58. The summed E-state index contributed by atoms with van der Waals surface area (Å²) in [7, 11) is 0. The Bertz CT molecular complexity index is 696. The van der Waals surface area contributed by atoms with E-state index in [9.17, 15) is 4.79 Å². The fourth-order valence-corrected chi connectivity index (χ4v) is 2.51. The first-order valence-corrected chi connectivity index (χ1v) is 7.24. The van der Waals surface area contributed by atoms with Crippen LogP contribution < -0.4 is 5.32 Å². The van der Waals surface area contributed by atoms with Crippen molar-refractivity contribution in [2.45, 2.75) is 39.3 Å². The number of benzene rings is 1. The molecule has 1 amide bonds. The molecule has 0 aliphatic heterocycles. The number of aromatic nitrogens is 2. The normalized spacial score (nSPS) is 11.8. The molecule has 2 aromatic rings. The van der Waals surface area contributed by atoms with Gasteiger partial charge in [0, 0.05) is 23.5 Å². The molecule has 4 nitrogen and oxygen atoms in total. The summed E-state index contributed by atoms with van der Waals surface area (Å²) >= 11 is 11.3. The summed E-state index contributed by atoms with van der Waals surface area (Å²) in [6.07, 6.45) is 0.380. The highest BCUT2D eigenvalue weighted by atomic mass is 35.5. The molecule has 1 aromatic carbocycles. The number of carbonyl (C=O) groups excluding carboxylic acids is 1. The van der Waals surface area contributed by atoms with Crippen molar-refractivity contribution in [1.29, 1.82) is 0 Å². The monoisotopic (exact) mass is 311 g/mol. The van der Waals surface area contributed by atoms with E-state index in [0.717, 1.165) is 11.0 Å². The lowest BCUT2D eigenvalue weighted by atomic mass is 10.1. The first-order chi connectivity index (χ1) is 9.26. The highest BCUT2D eigenvalue weighted by Crippen LogP contribution is 2.19. The van der Waals surface area contributed by atoms with Gasteiger partial charge in [-0.25, -0.2) is 0 Å². The van der Waals surface area contributed by atoms with Gasteiger partial charge in [0.05, 0.1) is 11.0 Å². The van der Waals surface area contributed by atoms with E-state index in [-0.39, 0.29) is 11.4 Å². The Morgan fingerprint density at radius 2 is 2.15 bits per heavy atom. The largest absolute Gasteiger partial charge is 0.351 e. The molecule has 0 aliphatic carbocycles. The van der Waals surface area contributed by atoms with Gasteiger partial charge in [0.1, 0.15) is 0 Å². The molecule has 1 heterocycles. The van der Waals surface area contributed by atoms with Crippen LogP contribution in [0.2, 0.25) is 5.02 Å². The molecule has 108 valence electrons. The molecule has 2 N–H and O–H groups in total. The van der Waals surface area contributed by atoms with Crippen LogP contribution >= 0.6 is 23.8 Å². The van der Waals surface area contributed by atoms with Crippen LogP contribution in [-0.4, -0.2) is 21.0 Å². The first-order valence-electron chi connectivity index (χ1n) is 6.45. The van der Waals surface area contributed by atoms with Crippen LogP contribution in [0, 0.1) is 4.77 Å². The molecule has 2 rings (SSSR count). The third kappa shape index (κ3) is 3.61. The van der Waals surface area contributed by atoms with Crippen LogP contribution in [0.5, 0.6) is 0 Å². The quantitative estimate of drug-likeness (QED) is 0.850. The van der Waals surface area contributed by atoms with Gasteiger partial charge in [-0.05, 0) is 51.2 Å². The Labute approximate surface area is 128 Å². The molecule has 0 saturated carbocycles. The highest BCUT2D eigenvalue weighted by molar-refractivity contribution is 7.71. The summed E-state index contributed by atoms with van der Waals surface area (Å²) in [6.45, 7) is 6.41. The van der Waals surface area contributed by atoms with Crippen molar-refractivity contribution < 1.29 is 4.79 Å². The molecule has 0 saturated heterocycles. The number of aryl methyl sites for hydroxylation is 1. The Kier molecular flexibility index (Phi) is 4.20. The summed E-state index contributed by atoms with van der Waals surface area (Å²) in [4.78, 5) is 15.0. The van der Waals surface area contributed by atoms with E-state index < -0.39 is 0 Å². The smallest absolute Gasteiger partial charge is 0.222 e. The maximum Gasteiger partial charge on any atom is 0.222 e. The van der Waals surface area contributed by atoms with Gasteiger partial charge < -0.3 is 14.9 Å². The number of nitrogens with one attached hydrogen (secondary N) is 2. The van der Waals surface area contributed by atoms with Crippen LogP contribution in [-0.2, 0) is 11.3 Å². The molecule has 0 atom stereocenters. The van der Waals surface area contributed by atoms with Crippen LogP contribution in [0.1, 0.15) is 27.2 Å². The number of rotatable bonds is 3. The Hall–Kier alpha value is -1.33. The average molecular weight is 312 g/mol. The van der Waals surface area contributed by atoms with Gasteiger partial charge >= 0.3 is 0 Å². The van der Waals surface area contributed by atoms with Gasteiger partial charge in [0.2, 0.25) is 5.91 Å². The van der Waals surface area contributed by atoms with E-state index in [2.05, 4.69) is 10.3 Å². The summed E-state index contributed by atoms with van der Waals surface area (Å²) in [5.41, 5.74) is 1.63. The van der Waals surface area contributed by atoms with E-state index in [4.69, 9.17) is 23.8 Å². The minimum Gasteiger partial charge on any atom is -0.351 e. The van der Waals surface area contributed by atoms with Crippen LogP contribution in [0.3, 0.4) is 0 Å². The van der Waals surface area contributed by atoms with Crippen molar-refractivity contribution in [3.05, 3.63) is 28.0 Å². The summed E-state index contributed by atoms with van der Waals surface area (Å²) < 4.78 is 2.50. The summed E-state index contributed by atoms with van der Waals surface area (Å²) in [5, 5.41) is 3.59. The van der Waals surface area contributed by atoms with Gasteiger partial charge in [-0.1, -0.05) is 11.6 Å². The zero-order valence-electron chi connectivity index (χ0n) is 11.8. The maximum atomic E-state index is 11.9. The summed E-state index contributed by atoms with van der Waals surface area (Å²) in [6, 6.07) is 5.55. The second-order valence-corrected chi connectivity index (χ2v) is 6.61. The Morgan fingerprint density at radius 3 is 2.80 bits per heavy atom. The zero-order chi connectivity index (χ0) is 14.9. The molecule has 0 aliphatic rings. The number of nitrogens with zero attached hydrogens (tertiary/aromatic N) is 1. The third-order valence-electron chi connectivity index (χ3n) is 2.81. The van der Waals surface area contributed by atoms with Crippen LogP contribution in [0.15, 0.2) is 18.2 Å². The minimum absolute atomic E-state index is 0.00998. The van der Waals surface area contributed by atoms with E-state index in [1.54, 1.807) is 0 Å². The molecular weight excluding hydrogens is 294 g/mol. The zero-order valence-corrected chi connectivity index (χ0v) is 13.4. The number of hydrogen-bond acceptors (Lipinski definition) is 2. The lowest BCUT2D eigenvalue weighted by molar-refractivity contribution is -0.122. The van der Waals surface area contributed by atoms with E-state index in [1.165, 1.54) is 0 Å². The fraction of sp³-hybridized carbons (Fsp3) is 0.429. The number of amides is 1. The predicted octanol–water partition coefficient (Wildman–Crippen LogP) is 3.66. The van der Waals surface area contributed by atoms with Crippen LogP contribution in [0.25, 0.3) is 11.0 Å². The molecule has 6 heteroatoms. The van der Waals surface area contributed by atoms with Crippen molar-refractivity contribution in [3.8, 4) is 0 Å². The van der Waals surface area contributed by atoms with Gasteiger partial charge in [-0.2, -0.15) is 0 Å². The number of aromatic amines is 1. The van der Waals surface area contributed by atoms with Crippen LogP contribution in [0.4, 0.5) is 0 Å². The lowest BCUT2D eigenvalue weighted by Gasteiger charge is -2.20. The number of H-pyrrole nitrogens is 1. The number of halogens is 1. The average Bonchev–Trinajstić information content (AvgIpc) is 2.59. The lowest BCUT2D eigenvalue weighted by Crippen LogP contribution is -2.40. The van der Waals surface area contributed by atoms with Crippen molar-refractivity contribution in [2.24, 2.45) is 0 Å². The first kappa shape index (κ1) is 15.1. The van der Waals surface area contributed by atoms with Gasteiger partial charge in [-0.15, -0.1) is 0 Å². The molecular formula is C14H18ClN3OS. The maximum absolute atomic E-state index is 11.9. The Balaban J connectivity index is 2.18. The van der Waals surface area contributed by atoms with Crippen molar-refractivity contribution in [1.82, 2.24) is 14.9 Å². The minimum atomic E-state index is -0.220. The molecule has 1 aromatic heterocycles. The van der Waals surface area contributed by atoms with Gasteiger partial charge in [-0.3, -0.25) is 4.79 Å². The third-order valence-corrected chi connectivity index (χ3v) is 3.37. The van der Waals surface area contributed by atoms with E-state index in [0.29, 0.717) is 22.8 Å². The molecule has 0 unspecified atom stereocenters. The predicted molar refractivity (Wildman–Crippen MR) is 84.6 cm³/mol. The topological polar surface area (TPSA) is 49.8 Å².